The van der Waals surface area contributed by atoms with Crippen LogP contribution in [0.1, 0.15) is 38.9 Å². The SMILES string of the molecule is CC(C)C(CCN)CCCNCCc1ccco1. The van der Waals surface area contributed by atoms with Gasteiger partial charge < -0.3 is 15.5 Å². The zero-order chi connectivity index (χ0) is 13.2. The van der Waals surface area contributed by atoms with Crippen LogP contribution >= 0.6 is 0 Å². The third-order valence-corrected chi connectivity index (χ3v) is 3.54. The highest BCUT2D eigenvalue weighted by Gasteiger charge is 2.11. The summed E-state index contributed by atoms with van der Waals surface area (Å²) in [7, 11) is 0. The molecule has 0 radical (unpaired) electrons. The van der Waals surface area contributed by atoms with Crippen LogP contribution in [0.15, 0.2) is 22.8 Å². The van der Waals surface area contributed by atoms with Gasteiger partial charge in [0.1, 0.15) is 5.76 Å². The lowest BCUT2D eigenvalue weighted by Gasteiger charge is -2.19. The first-order chi connectivity index (χ1) is 8.74. The van der Waals surface area contributed by atoms with Crippen molar-refractivity contribution in [1.82, 2.24) is 5.32 Å². The molecule has 0 aliphatic rings. The first-order valence-corrected chi connectivity index (χ1v) is 7.17. The molecule has 1 unspecified atom stereocenters. The van der Waals surface area contributed by atoms with E-state index in [1.165, 1.54) is 12.8 Å². The molecule has 0 saturated carbocycles. The molecule has 0 saturated heterocycles. The molecule has 0 amide bonds. The van der Waals surface area contributed by atoms with Crippen LogP contribution < -0.4 is 11.1 Å². The molecule has 1 aromatic heterocycles. The van der Waals surface area contributed by atoms with Crippen LogP contribution in [0.4, 0.5) is 0 Å². The summed E-state index contributed by atoms with van der Waals surface area (Å²) >= 11 is 0. The van der Waals surface area contributed by atoms with E-state index in [0.717, 1.165) is 50.1 Å². The fraction of sp³-hybridized carbons (Fsp3) is 0.733. The van der Waals surface area contributed by atoms with E-state index in [9.17, 15) is 0 Å². The van der Waals surface area contributed by atoms with Crippen molar-refractivity contribution < 1.29 is 4.42 Å². The van der Waals surface area contributed by atoms with Gasteiger partial charge in [-0.1, -0.05) is 13.8 Å². The first kappa shape index (κ1) is 15.3. The largest absolute Gasteiger partial charge is 0.469 e. The highest BCUT2D eigenvalue weighted by molar-refractivity contribution is 4.98. The molecular weight excluding hydrogens is 224 g/mol. The van der Waals surface area contributed by atoms with E-state index >= 15 is 0 Å². The van der Waals surface area contributed by atoms with Crippen LogP contribution in [0.25, 0.3) is 0 Å². The van der Waals surface area contributed by atoms with Gasteiger partial charge in [-0.3, -0.25) is 0 Å². The van der Waals surface area contributed by atoms with Crippen molar-refractivity contribution in [2.24, 2.45) is 17.6 Å². The molecule has 3 heteroatoms. The quantitative estimate of drug-likeness (QED) is 0.630. The predicted octanol–water partition coefficient (Wildman–Crippen LogP) is 2.81. The van der Waals surface area contributed by atoms with Gasteiger partial charge in [0.15, 0.2) is 0 Å². The Hall–Kier alpha value is -0.800. The number of hydrogen-bond acceptors (Lipinski definition) is 3. The summed E-state index contributed by atoms with van der Waals surface area (Å²) in [5, 5.41) is 3.47. The first-order valence-electron chi connectivity index (χ1n) is 7.17. The Labute approximate surface area is 111 Å². The van der Waals surface area contributed by atoms with Crippen molar-refractivity contribution in [2.75, 3.05) is 19.6 Å². The smallest absolute Gasteiger partial charge is 0.105 e. The van der Waals surface area contributed by atoms with E-state index in [1.807, 2.05) is 12.1 Å². The minimum atomic E-state index is 0.747. The predicted molar refractivity (Wildman–Crippen MR) is 76.5 cm³/mol. The monoisotopic (exact) mass is 252 g/mol. The maximum atomic E-state index is 5.65. The van der Waals surface area contributed by atoms with Gasteiger partial charge in [-0.05, 0) is 56.3 Å². The van der Waals surface area contributed by atoms with Crippen molar-refractivity contribution in [2.45, 2.75) is 39.5 Å². The fourth-order valence-electron chi connectivity index (χ4n) is 2.31. The van der Waals surface area contributed by atoms with Gasteiger partial charge in [0.2, 0.25) is 0 Å². The van der Waals surface area contributed by atoms with Gasteiger partial charge in [0.05, 0.1) is 6.26 Å². The molecule has 1 aromatic rings. The summed E-state index contributed by atoms with van der Waals surface area (Å²) in [6.07, 6.45) is 6.38. The molecule has 1 atom stereocenters. The third kappa shape index (κ3) is 6.22. The van der Waals surface area contributed by atoms with Gasteiger partial charge in [0.25, 0.3) is 0 Å². The zero-order valence-electron chi connectivity index (χ0n) is 11.8. The second kappa shape index (κ2) is 9.17. The molecular formula is C15H28N2O. The molecule has 0 aromatic carbocycles. The minimum absolute atomic E-state index is 0.747. The van der Waals surface area contributed by atoms with Crippen LogP contribution in [0.3, 0.4) is 0 Å². The lowest BCUT2D eigenvalue weighted by Crippen LogP contribution is -2.21. The second-order valence-corrected chi connectivity index (χ2v) is 5.30. The molecule has 3 N–H and O–H groups in total. The molecule has 0 spiro atoms. The summed E-state index contributed by atoms with van der Waals surface area (Å²) in [5.41, 5.74) is 5.65. The summed E-state index contributed by atoms with van der Waals surface area (Å²) in [5.74, 6) is 2.59. The highest BCUT2D eigenvalue weighted by Crippen LogP contribution is 2.19. The lowest BCUT2D eigenvalue weighted by atomic mass is 9.88. The normalized spacial score (nSPS) is 13.1. The molecule has 0 aliphatic carbocycles. The molecule has 1 rings (SSSR count). The zero-order valence-corrected chi connectivity index (χ0v) is 11.8. The summed E-state index contributed by atoms with van der Waals surface area (Å²) in [4.78, 5) is 0. The van der Waals surface area contributed by atoms with E-state index in [4.69, 9.17) is 10.2 Å². The van der Waals surface area contributed by atoms with Gasteiger partial charge >= 0.3 is 0 Å². The van der Waals surface area contributed by atoms with Crippen molar-refractivity contribution in [3.8, 4) is 0 Å². The Morgan fingerprint density at radius 2 is 2.11 bits per heavy atom. The average molecular weight is 252 g/mol. The third-order valence-electron chi connectivity index (χ3n) is 3.54. The summed E-state index contributed by atoms with van der Waals surface area (Å²) in [6, 6.07) is 3.97. The van der Waals surface area contributed by atoms with E-state index in [0.29, 0.717) is 0 Å². The summed E-state index contributed by atoms with van der Waals surface area (Å²) in [6.45, 7) is 7.50. The van der Waals surface area contributed by atoms with Gasteiger partial charge in [-0.2, -0.15) is 0 Å². The van der Waals surface area contributed by atoms with E-state index in [-0.39, 0.29) is 0 Å². The molecule has 0 fully saturated rings. The fourth-order valence-corrected chi connectivity index (χ4v) is 2.31. The maximum Gasteiger partial charge on any atom is 0.105 e. The van der Waals surface area contributed by atoms with E-state index in [1.54, 1.807) is 6.26 Å². The van der Waals surface area contributed by atoms with Crippen LogP contribution in [0, 0.1) is 11.8 Å². The highest BCUT2D eigenvalue weighted by atomic mass is 16.3. The number of nitrogens with one attached hydrogen (secondary N) is 1. The van der Waals surface area contributed by atoms with Crippen LogP contribution in [0.5, 0.6) is 0 Å². The lowest BCUT2D eigenvalue weighted by molar-refractivity contribution is 0.331. The van der Waals surface area contributed by atoms with Gasteiger partial charge in [-0.25, -0.2) is 0 Å². The average Bonchev–Trinajstić information content (AvgIpc) is 2.84. The molecule has 18 heavy (non-hydrogen) atoms. The van der Waals surface area contributed by atoms with Crippen LogP contribution in [0.2, 0.25) is 0 Å². The van der Waals surface area contributed by atoms with Crippen LogP contribution in [-0.2, 0) is 6.42 Å². The Bertz CT molecular complexity index is 283. The topological polar surface area (TPSA) is 51.2 Å². The Kier molecular flexibility index (Phi) is 7.78. The molecule has 0 aliphatic heterocycles. The van der Waals surface area contributed by atoms with Crippen molar-refractivity contribution in [1.29, 1.82) is 0 Å². The molecule has 1 heterocycles. The van der Waals surface area contributed by atoms with Crippen LogP contribution in [-0.4, -0.2) is 19.6 Å². The Morgan fingerprint density at radius 3 is 2.72 bits per heavy atom. The maximum absolute atomic E-state index is 5.65. The van der Waals surface area contributed by atoms with E-state index in [2.05, 4.69) is 19.2 Å². The van der Waals surface area contributed by atoms with Gasteiger partial charge in [-0.15, -0.1) is 0 Å². The summed E-state index contributed by atoms with van der Waals surface area (Å²) < 4.78 is 5.29. The van der Waals surface area contributed by atoms with Crippen molar-refractivity contribution >= 4 is 0 Å². The van der Waals surface area contributed by atoms with E-state index < -0.39 is 0 Å². The molecule has 104 valence electrons. The standard InChI is InChI=1S/C15H28N2O/c1-13(2)14(7-9-16)5-3-10-17-11-8-15-6-4-12-18-15/h4,6,12-14,17H,3,5,7-11,16H2,1-2H3. The number of hydrogen-bond donors (Lipinski definition) is 2. The van der Waals surface area contributed by atoms with Crippen molar-refractivity contribution in [3.63, 3.8) is 0 Å². The number of rotatable bonds is 10. The van der Waals surface area contributed by atoms with Gasteiger partial charge in [0, 0.05) is 13.0 Å². The number of furan rings is 1. The van der Waals surface area contributed by atoms with Crippen molar-refractivity contribution in [3.05, 3.63) is 24.2 Å². The Balaban J connectivity index is 2.00. The second-order valence-electron chi connectivity index (χ2n) is 5.30. The Morgan fingerprint density at radius 1 is 1.28 bits per heavy atom. The molecule has 3 nitrogen and oxygen atoms in total. The minimum Gasteiger partial charge on any atom is -0.469 e. The molecule has 0 bridgehead atoms. The number of nitrogens with two attached hydrogens (primary N) is 1.